The zero-order chi connectivity index (χ0) is 26.5. The van der Waals surface area contributed by atoms with Crippen LogP contribution in [0.25, 0.3) is 22.6 Å². The summed E-state index contributed by atoms with van der Waals surface area (Å²) in [5, 5.41) is 19.9. The first-order valence-corrected chi connectivity index (χ1v) is 11.7. The second-order valence-corrected chi connectivity index (χ2v) is 9.46. The molecule has 0 bridgehead atoms. The van der Waals surface area contributed by atoms with E-state index in [1.807, 2.05) is 12.1 Å². The number of ether oxygens (including phenoxy) is 2. The van der Waals surface area contributed by atoms with Crippen molar-refractivity contribution in [2.24, 2.45) is 0 Å². The van der Waals surface area contributed by atoms with E-state index in [2.05, 4.69) is 15.3 Å². The van der Waals surface area contributed by atoms with Crippen LogP contribution >= 0.6 is 0 Å². The lowest BCUT2D eigenvalue weighted by atomic mass is 9.85. The number of aryl methyl sites for hydroxylation is 1. The summed E-state index contributed by atoms with van der Waals surface area (Å²) in [7, 11) is 1.54. The Bertz CT molecular complexity index is 1450. The van der Waals surface area contributed by atoms with Gasteiger partial charge in [-0.3, -0.25) is 0 Å². The maximum absolute atomic E-state index is 14.0. The Morgan fingerprint density at radius 1 is 1.14 bits per heavy atom. The first kappa shape index (κ1) is 24.8. The van der Waals surface area contributed by atoms with Crippen LogP contribution in [0.4, 0.5) is 13.2 Å². The molecule has 1 aliphatic heterocycles. The molecule has 5 rings (SSSR count). The second kappa shape index (κ2) is 8.91. The van der Waals surface area contributed by atoms with Crippen LogP contribution in [0.1, 0.15) is 38.3 Å². The number of halogens is 3. The van der Waals surface area contributed by atoms with Crippen molar-refractivity contribution in [1.29, 1.82) is 0 Å². The van der Waals surface area contributed by atoms with E-state index in [1.165, 1.54) is 18.5 Å². The van der Waals surface area contributed by atoms with Crippen molar-refractivity contribution in [3.63, 3.8) is 0 Å². The molecule has 0 radical (unpaired) electrons. The molecular formula is C26H25F3N4O4. The number of hydrogen-bond acceptors (Lipinski definition) is 7. The van der Waals surface area contributed by atoms with E-state index in [0.717, 1.165) is 12.1 Å². The van der Waals surface area contributed by atoms with Crippen LogP contribution in [0.15, 0.2) is 40.9 Å². The Labute approximate surface area is 210 Å². The molecule has 194 valence electrons. The molecule has 1 aliphatic rings. The summed E-state index contributed by atoms with van der Waals surface area (Å²) in [6, 6.07) is 6.95. The highest BCUT2D eigenvalue weighted by Gasteiger charge is 2.52. The van der Waals surface area contributed by atoms with Crippen LogP contribution in [-0.4, -0.2) is 37.8 Å². The van der Waals surface area contributed by atoms with Crippen molar-refractivity contribution >= 4 is 0 Å². The van der Waals surface area contributed by atoms with Gasteiger partial charge in [-0.1, -0.05) is 11.3 Å². The zero-order valence-electron chi connectivity index (χ0n) is 20.7. The van der Waals surface area contributed by atoms with Crippen LogP contribution in [-0.2, 0) is 12.1 Å². The molecule has 0 saturated carbocycles. The SMILES string of the molecule is COc1cc(-c2nnn3c2CCCC3(Oc2cc(F)c(F)c(F)c2)C(C)(C)O)ccc1-c1cnc(C)o1. The standard InChI is InChI=1S/C26H25F3N4O4/c1-14-30-13-22(36-14)17-8-7-15(10-21(17)35-4)24-20-6-5-9-26(25(2,3)34,33(20)32-31-24)37-16-11-18(27)23(29)19(28)12-16/h7-8,10-13,34H,5-6,9H2,1-4H3. The Morgan fingerprint density at radius 2 is 1.86 bits per heavy atom. The summed E-state index contributed by atoms with van der Waals surface area (Å²) in [4.78, 5) is 4.13. The Balaban J connectivity index is 1.60. The summed E-state index contributed by atoms with van der Waals surface area (Å²) in [6.45, 7) is 4.77. The van der Waals surface area contributed by atoms with E-state index in [4.69, 9.17) is 13.9 Å². The van der Waals surface area contributed by atoms with Gasteiger partial charge in [0.15, 0.2) is 29.1 Å². The van der Waals surface area contributed by atoms with E-state index >= 15 is 0 Å². The summed E-state index contributed by atoms with van der Waals surface area (Å²) >= 11 is 0. The average Bonchev–Trinajstić information content (AvgIpc) is 3.48. The number of rotatable bonds is 6. The lowest BCUT2D eigenvalue weighted by Gasteiger charge is -2.45. The first-order chi connectivity index (χ1) is 17.5. The fourth-order valence-corrected chi connectivity index (χ4v) is 4.74. The molecule has 0 fully saturated rings. The number of aromatic nitrogens is 4. The third kappa shape index (κ3) is 4.12. The van der Waals surface area contributed by atoms with Gasteiger partial charge in [-0.2, -0.15) is 0 Å². The van der Waals surface area contributed by atoms with Gasteiger partial charge in [-0.25, -0.2) is 22.8 Å². The van der Waals surface area contributed by atoms with Gasteiger partial charge in [0.25, 0.3) is 0 Å². The highest BCUT2D eigenvalue weighted by Crippen LogP contribution is 2.44. The van der Waals surface area contributed by atoms with Gasteiger partial charge >= 0.3 is 0 Å². The predicted octanol–water partition coefficient (Wildman–Crippen LogP) is 5.17. The zero-order valence-corrected chi connectivity index (χ0v) is 20.7. The van der Waals surface area contributed by atoms with Crippen molar-refractivity contribution in [2.45, 2.75) is 51.4 Å². The summed E-state index contributed by atoms with van der Waals surface area (Å²) in [5.74, 6) is -3.06. The van der Waals surface area contributed by atoms with E-state index in [-0.39, 0.29) is 12.2 Å². The minimum Gasteiger partial charge on any atom is -0.496 e. The molecule has 1 atom stereocenters. The Morgan fingerprint density at radius 3 is 2.49 bits per heavy atom. The molecule has 11 heteroatoms. The van der Waals surface area contributed by atoms with E-state index < -0.39 is 28.8 Å². The predicted molar refractivity (Wildman–Crippen MR) is 126 cm³/mol. The molecule has 2 aromatic carbocycles. The third-order valence-electron chi connectivity index (χ3n) is 6.60. The van der Waals surface area contributed by atoms with Crippen LogP contribution in [0, 0.1) is 24.4 Å². The van der Waals surface area contributed by atoms with Crippen LogP contribution in [0.3, 0.4) is 0 Å². The summed E-state index contributed by atoms with van der Waals surface area (Å²) in [5.41, 5.74) is -0.538. The Kier molecular flexibility index (Phi) is 5.98. The smallest absolute Gasteiger partial charge is 0.231 e. The summed E-state index contributed by atoms with van der Waals surface area (Å²) in [6.07, 6.45) is 2.99. The second-order valence-electron chi connectivity index (χ2n) is 9.46. The molecule has 0 aliphatic carbocycles. The van der Waals surface area contributed by atoms with E-state index in [9.17, 15) is 18.3 Å². The molecule has 3 heterocycles. The minimum absolute atomic E-state index is 0.264. The molecule has 0 saturated heterocycles. The van der Waals surface area contributed by atoms with Crippen molar-refractivity contribution < 1.29 is 32.2 Å². The highest BCUT2D eigenvalue weighted by atomic mass is 19.2. The molecule has 8 nitrogen and oxygen atoms in total. The van der Waals surface area contributed by atoms with Crippen LogP contribution in [0.2, 0.25) is 0 Å². The lowest BCUT2D eigenvalue weighted by Crippen LogP contribution is -2.58. The van der Waals surface area contributed by atoms with Gasteiger partial charge in [-0.15, -0.1) is 5.10 Å². The number of methoxy groups -OCH3 is 1. The molecule has 1 unspecified atom stereocenters. The van der Waals surface area contributed by atoms with Crippen molar-refractivity contribution in [1.82, 2.24) is 20.0 Å². The molecule has 37 heavy (non-hydrogen) atoms. The molecule has 0 amide bonds. The van der Waals surface area contributed by atoms with Gasteiger partial charge in [0.2, 0.25) is 5.72 Å². The Hall–Kier alpha value is -3.86. The number of aliphatic hydroxyl groups is 1. The normalized spacial score (nSPS) is 17.5. The fourth-order valence-electron chi connectivity index (χ4n) is 4.74. The third-order valence-corrected chi connectivity index (χ3v) is 6.60. The molecule has 0 spiro atoms. The molecular weight excluding hydrogens is 489 g/mol. The van der Waals surface area contributed by atoms with Gasteiger partial charge < -0.3 is 19.0 Å². The van der Waals surface area contributed by atoms with Gasteiger partial charge in [-0.05, 0) is 38.8 Å². The van der Waals surface area contributed by atoms with E-state index in [0.29, 0.717) is 52.8 Å². The van der Waals surface area contributed by atoms with Crippen LogP contribution in [0.5, 0.6) is 11.5 Å². The highest BCUT2D eigenvalue weighted by molar-refractivity contribution is 5.73. The quantitative estimate of drug-likeness (QED) is 0.355. The molecule has 2 aromatic heterocycles. The van der Waals surface area contributed by atoms with Gasteiger partial charge in [0.1, 0.15) is 22.8 Å². The number of fused-ring (bicyclic) bond motifs is 1. The van der Waals surface area contributed by atoms with Gasteiger partial charge in [0, 0.05) is 31.0 Å². The number of benzene rings is 2. The lowest BCUT2D eigenvalue weighted by molar-refractivity contribution is -0.185. The maximum atomic E-state index is 14.0. The molecule has 1 N–H and O–H groups in total. The monoisotopic (exact) mass is 514 g/mol. The first-order valence-electron chi connectivity index (χ1n) is 11.7. The minimum atomic E-state index is -1.60. The van der Waals surface area contributed by atoms with Crippen LogP contribution < -0.4 is 9.47 Å². The van der Waals surface area contributed by atoms with Crippen molar-refractivity contribution in [2.75, 3.05) is 7.11 Å². The largest absolute Gasteiger partial charge is 0.496 e. The molecule has 4 aromatic rings. The number of oxazole rings is 1. The van der Waals surface area contributed by atoms with Crippen molar-refractivity contribution in [3.05, 3.63) is 65.6 Å². The van der Waals surface area contributed by atoms with Crippen molar-refractivity contribution in [3.8, 4) is 34.1 Å². The number of nitrogens with zero attached hydrogens (tertiary/aromatic N) is 4. The average molecular weight is 515 g/mol. The maximum Gasteiger partial charge on any atom is 0.231 e. The fraction of sp³-hybridized carbons (Fsp3) is 0.346. The number of hydrogen-bond donors (Lipinski definition) is 1. The van der Waals surface area contributed by atoms with Gasteiger partial charge in [0.05, 0.1) is 24.6 Å². The topological polar surface area (TPSA) is 95.4 Å². The summed E-state index contributed by atoms with van der Waals surface area (Å²) < 4.78 is 60.2. The van der Waals surface area contributed by atoms with E-state index in [1.54, 1.807) is 26.3 Å².